The van der Waals surface area contributed by atoms with Crippen molar-refractivity contribution in [1.29, 1.82) is 0 Å². The quantitative estimate of drug-likeness (QED) is 0.754. The van der Waals surface area contributed by atoms with Crippen LogP contribution in [0, 0.1) is 5.41 Å². The second-order valence-electron chi connectivity index (χ2n) is 9.31. The van der Waals surface area contributed by atoms with Crippen LogP contribution >= 0.6 is 0 Å². The third-order valence-electron chi connectivity index (χ3n) is 7.02. The van der Waals surface area contributed by atoms with Crippen molar-refractivity contribution in [2.45, 2.75) is 71.1 Å². The summed E-state index contributed by atoms with van der Waals surface area (Å²) in [5.74, 6) is 0.315. The van der Waals surface area contributed by atoms with E-state index in [4.69, 9.17) is 9.31 Å². The number of rotatable bonds is 3. The number of amides is 1. The second kappa shape index (κ2) is 6.49. The van der Waals surface area contributed by atoms with Gasteiger partial charge in [0, 0.05) is 13.1 Å². The molecule has 2 fully saturated rings. The van der Waals surface area contributed by atoms with Crippen LogP contribution in [0.5, 0.6) is 0 Å². The van der Waals surface area contributed by atoms with Crippen LogP contribution in [0.15, 0.2) is 41.9 Å². The maximum atomic E-state index is 13.2. The molecule has 0 bridgehead atoms. The van der Waals surface area contributed by atoms with Crippen molar-refractivity contribution in [3.8, 4) is 0 Å². The summed E-state index contributed by atoms with van der Waals surface area (Å²) < 4.78 is 12.4. The van der Waals surface area contributed by atoms with Crippen LogP contribution in [0.2, 0.25) is 0 Å². The van der Waals surface area contributed by atoms with Crippen LogP contribution < -0.4 is 0 Å². The fourth-order valence-corrected chi connectivity index (χ4v) is 4.39. The number of allylic oxidation sites excluding steroid dienone is 2. The molecule has 1 atom stereocenters. The molecule has 5 heteroatoms. The van der Waals surface area contributed by atoms with E-state index < -0.39 is 0 Å². The number of likely N-dealkylation sites (tertiary alicyclic amines) is 1. The summed E-state index contributed by atoms with van der Waals surface area (Å²) in [5.41, 5.74) is 1.55. The van der Waals surface area contributed by atoms with E-state index in [0.29, 0.717) is 5.91 Å². The molecule has 1 amide bonds. The van der Waals surface area contributed by atoms with Gasteiger partial charge < -0.3 is 14.2 Å². The summed E-state index contributed by atoms with van der Waals surface area (Å²) in [6.45, 7) is 9.90. The van der Waals surface area contributed by atoms with Crippen LogP contribution in [0.25, 0.3) is 0 Å². The number of hydrogen-bond acceptors (Lipinski definition) is 3. The van der Waals surface area contributed by atoms with Crippen LogP contribution in [0.3, 0.4) is 0 Å². The monoisotopic (exact) mass is 367 g/mol. The molecule has 4 nitrogen and oxygen atoms in total. The topological polar surface area (TPSA) is 38.8 Å². The van der Waals surface area contributed by atoms with Crippen LogP contribution in [0.4, 0.5) is 0 Å². The van der Waals surface area contributed by atoms with Gasteiger partial charge in [0.2, 0.25) is 5.91 Å². The maximum absolute atomic E-state index is 13.2. The molecule has 1 aliphatic carbocycles. The van der Waals surface area contributed by atoms with Crippen molar-refractivity contribution in [2.24, 2.45) is 5.41 Å². The standard InChI is InChI=1S/C22H30BNO3/c1-20(2)21(3,4)27-23(26-20)18-10-12-22(13-11-18)14-15-24(19(22)25)16-17-8-6-5-7-9-17/h5-10H,11-16H2,1-4H3. The lowest BCUT2D eigenvalue weighted by atomic mass is 9.65. The summed E-state index contributed by atoms with van der Waals surface area (Å²) in [7, 11) is -0.274. The van der Waals surface area contributed by atoms with E-state index in [9.17, 15) is 4.79 Å². The Hall–Kier alpha value is -1.59. The lowest BCUT2D eigenvalue weighted by Gasteiger charge is -2.32. The minimum Gasteiger partial charge on any atom is -0.400 e. The van der Waals surface area contributed by atoms with E-state index in [2.05, 4.69) is 45.9 Å². The van der Waals surface area contributed by atoms with E-state index in [-0.39, 0.29) is 23.7 Å². The molecular weight excluding hydrogens is 337 g/mol. The predicted molar refractivity (Wildman–Crippen MR) is 107 cm³/mol. The third-order valence-corrected chi connectivity index (χ3v) is 7.02. The van der Waals surface area contributed by atoms with Gasteiger partial charge in [-0.1, -0.05) is 36.4 Å². The molecule has 1 spiro atoms. The highest BCUT2D eigenvalue weighted by molar-refractivity contribution is 6.54. The first-order valence-corrected chi connectivity index (χ1v) is 10.1. The summed E-state index contributed by atoms with van der Waals surface area (Å²) >= 11 is 0. The Morgan fingerprint density at radius 2 is 1.70 bits per heavy atom. The fraction of sp³-hybridized carbons (Fsp3) is 0.591. The largest absolute Gasteiger partial charge is 0.490 e. The summed E-state index contributed by atoms with van der Waals surface area (Å²) in [5, 5.41) is 0. The molecule has 0 aromatic heterocycles. The first kappa shape index (κ1) is 18.8. The van der Waals surface area contributed by atoms with E-state index in [0.717, 1.165) is 38.8 Å². The number of carbonyl (C=O) groups is 1. The van der Waals surface area contributed by atoms with Crippen molar-refractivity contribution in [3.63, 3.8) is 0 Å². The van der Waals surface area contributed by atoms with Gasteiger partial charge in [-0.3, -0.25) is 4.79 Å². The van der Waals surface area contributed by atoms with Gasteiger partial charge in [0.15, 0.2) is 0 Å². The first-order valence-electron chi connectivity index (χ1n) is 10.1. The lowest BCUT2D eigenvalue weighted by Crippen LogP contribution is -2.41. The zero-order valence-corrected chi connectivity index (χ0v) is 17.0. The number of carbonyl (C=O) groups excluding carboxylic acids is 1. The minimum absolute atomic E-state index is 0.220. The van der Waals surface area contributed by atoms with Crippen molar-refractivity contribution in [2.75, 3.05) is 6.54 Å². The minimum atomic E-state index is -0.316. The molecule has 27 heavy (non-hydrogen) atoms. The van der Waals surface area contributed by atoms with Gasteiger partial charge in [0.25, 0.3) is 0 Å². The van der Waals surface area contributed by atoms with Crippen molar-refractivity contribution < 1.29 is 14.1 Å². The van der Waals surface area contributed by atoms with E-state index >= 15 is 0 Å². The van der Waals surface area contributed by atoms with Crippen LogP contribution in [-0.2, 0) is 20.6 Å². The molecule has 1 unspecified atom stereocenters. The molecule has 0 saturated carbocycles. The number of benzene rings is 1. The van der Waals surface area contributed by atoms with E-state index in [1.54, 1.807) is 0 Å². The highest BCUT2D eigenvalue weighted by Gasteiger charge is 2.54. The van der Waals surface area contributed by atoms with Crippen LogP contribution in [0.1, 0.15) is 58.9 Å². The molecule has 4 rings (SSSR count). The predicted octanol–water partition coefficient (Wildman–Crippen LogP) is 4.15. The Labute approximate surface area is 163 Å². The molecule has 3 aliphatic rings. The molecule has 2 heterocycles. The summed E-state index contributed by atoms with van der Waals surface area (Å²) in [4.78, 5) is 15.2. The van der Waals surface area contributed by atoms with Gasteiger partial charge in [-0.25, -0.2) is 0 Å². The average Bonchev–Trinajstić information content (AvgIpc) is 3.04. The Bertz CT molecular complexity index is 742. The Morgan fingerprint density at radius 3 is 2.30 bits per heavy atom. The van der Waals surface area contributed by atoms with Gasteiger partial charge in [0.1, 0.15) is 0 Å². The second-order valence-corrected chi connectivity index (χ2v) is 9.31. The highest BCUT2D eigenvalue weighted by Crippen LogP contribution is 2.47. The third kappa shape index (κ3) is 3.25. The normalized spacial score (nSPS) is 29.5. The molecule has 144 valence electrons. The molecule has 2 saturated heterocycles. The smallest absolute Gasteiger partial charge is 0.400 e. The van der Waals surface area contributed by atoms with Crippen molar-refractivity contribution in [3.05, 3.63) is 47.4 Å². The van der Waals surface area contributed by atoms with Crippen molar-refractivity contribution in [1.82, 2.24) is 4.90 Å². The zero-order chi connectivity index (χ0) is 19.3. The summed E-state index contributed by atoms with van der Waals surface area (Å²) in [6, 6.07) is 10.3. The average molecular weight is 367 g/mol. The molecular formula is C22H30BNO3. The van der Waals surface area contributed by atoms with Gasteiger partial charge in [-0.15, -0.1) is 0 Å². The molecule has 0 radical (unpaired) electrons. The van der Waals surface area contributed by atoms with Gasteiger partial charge in [-0.2, -0.15) is 0 Å². The molecule has 0 N–H and O–H groups in total. The zero-order valence-electron chi connectivity index (χ0n) is 17.0. The molecule has 2 aliphatic heterocycles. The number of hydrogen-bond donors (Lipinski definition) is 0. The van der Waals surface area contributed by atoms with E-state index in [1.165, 1.54) is 11.0 Å². The lowest BCUT2D eigenvalue weighted by molar-refractivity contribution is -0.137. The van der Waals surface area contributed by atoms with Crippen molar-refractivity contribution >= 4 is 13.0 Å². The summed E-state index contributed by atoms with van der Waals surface area (Å²) in [6.07, 6.45) is 5.74. The van der Waals surface area contributed by atoms with E-state index in [1.807, 2.05) is 23.1 Å². The Balaban J connectivity index is 1.43. The fourth-order valence-electron chi connectivity index (χ4n) is 4.39. The SMILES string of the molecule is CC1(C)OB(C2=CCC3(CC2)CCN(Cc2ccccc2)C3=O)OC1(C)C. The number of nitrogens with zero attached hydrogens (tertiary/aromatic N) is 1. The maximum Gasteiger partial charge on any atom is 0.490 e. The molecule has 1 aromatic carbocycles. The van der Waals surface area contributed by atoms with Gasteiger partial charge in [0.05, 0.1) is 16.6 Å². The Morgan fingerprint density at radius 1 is 1.04 bits per heavy atom. The van der Waals surface area contributed by atoms with Crippen LogP contribution in [-0.4, -0.2) is 35.7 Å². The van der Waals surface area contributed by atoms with Gasteiger partial charge >= 0.3 is 7.12 Å². The van der Waals surface area contributed by atoms with Gasteiger partial charge in [-0.05, 0) is 64.4 Å². The Kier molecular flexibility index (Phi) is 4.51. The first-order chi connectivity index (χ1) is 12.7. The molecule has 1 aromatic rings. The highest BCUT2D eigenvalue weighted by atomic mass is 16.7.